The van der Waals surface area contributed by atoms with Crippen molar-refractivity contribution in [1.29, 1.82) is 0 Å². The molecule has 2 aromatic carbocycles. The molecule has 4 nitrogen and oxygen atoms in total. The summed E-state index contributed by atoms with van der Waals surface area (Å²) >= 11 is 0. The van der Waals surface area contributed by atoms with Crippen LogP contribution in [0.3, 0.4) is 0 Å². The highest BCUT2D eigenvalue weighted by atomic mass is 32.2. The van der Waals surface area contributed by atoms with E-state index in [-0.39, 0.29) is 24.5 Å². The zero-order chi connectivity index (χ0) is 20.1. The van der Waals surface area contributed by atoms with Gasteiger partial charge in [-0.25, -0.2) is 8.42 Å². The smallest absolute Gasteiger partial charge is 0.243 e. The van der Waals surface area contributed by atoms with Gasteiger partial charge in [0.25, 0.3) is 0 Å². The predicted octanol–water partition coefficient (Wildman–Crippen LogP) is 4.12. The zero-order valence-electron chi connectivity index (χ0n) is 16.4. The molecular formula is C23H29NO3S. The van der Waals surface area contributed by atoms with E-state index in [1.54, 1.807) is 16.4 Å². The van der Waals surface area contributed by atoms with Crippen molar-refractivity contribution in [3.63, 3.8) is 0 Å². The maximum absolute atomic E-state index is 13.5. The topological polar surface area (TPSA) is 57.6 Å². The molecule has 3 atom stereocenters. The minimum Gasteiger partial charge on any atom is -0.396 e. The molecule has 0 bridgehead atoms. The molecule has 0 saturated carbocycles. The highest BCUT2D eigenvalue weighted by Crippen LogP contribution is 2.43. The van der Waals surface area contributed by atoms with Crippen LogP contribution in [-0.4, -0.2) is 37.0 Å². The van der Waals surface area contributed by atoms with Gasteiger partial charge >= 0.3 is 0 Å². The van der Waals surface area contributed by atoms with Crippen molar-refractivity contribution in [3.05, 3.63) is 78.4 Å². The monoisotopic (exact) mass is 399 g/mol. The van der Waals surface area contributed by atoms with E-state index in [0.29, 0.717) is 24.3 Å². The van der Waals surface area contributed by atoms with E-state index in [9.17, 15) is 13.5 Å². The Bertz CT molecular complexity index is 878. The lowest BCUT2D eigenvalue weighted by molar-refractivity contribution is 0.253. The van der Waals surface area contributed by atoms with Crippen LogP contribution in [0.15, 0.2) is 72.1 Å². The molecule has 0 radical (unpaired) electrons. The Balaban J connectivity index is 2.01. The Morgan fingerprint density at radius 3 is 2.43 bits per heavy atom. The summed E-state index contributed by atoms with van der Waals surface area (Å²) in [5, 5.41) is 9.38. The number of sulfonamides is 1. The van der Waals surface area contributed by atoms with Crippen LogP contribution in [0.5, 0.6) is 0 Å². The molecule has 0 aliphatic carbocycles. The van der Waals surface area contributed by atoms with Crippen LogP contribution in [-0.2, 0) is 10.0 Å². The molecule has 1 aliphatic rings. The summed E-state index contributed by atoms with van der Waals surface area (Å²) in [5.74, 6) is 0.255. The summed E-state index contributed by atoms with van der Waals surface area (Å²) in [4.78, 5) is 0.335. The van der Waals surface area contributed by atoms with Crippen molar-refractivity contribution in [2.24, 2.45) is 5.92 Å². The molecule has 0 amide bonds. The average Bonchev–Trinajstić information content (AvgIpc) is 3.07. The van der Waals surface area contributed by atoms with E-state index in [4.69, 9.17) is 0 Å². The Kier molecular flexibility index (Phi) is 6.70. The molecule has 28 heavy (non-hydrogen) atoms. The number of aliphatic hydroxyl groups is 1. The number of aliphatic hydroxyl groups excluding tert-OH is 1. The second-order valence-electron chi connectivity index (χ2n) is 7.53. The highest BCUT2D eigenvalue weighted by molar-refractivity contribution is 7.89. The number of rotatable bonds is 8. The molecule has 3 rings (SSSR count). The largest absolute Gasteiger partial charge is 0.396 e. The number of benzene rings is 2. The quantitative estimate of drug-likeness (QED) is 0.680. The van der Waals surface area contributed by atoms with Crippen molar-refractivity contribution in [3.8, 4) is 0 Å². The molecule has 1 fully saturated rings. The van der Waals surface area contributed by atoms with Crippen LogP contribution in [0, 0.1) is 12.8 Å². The van der Waals surface area contributed by atoms with Gasteiger partial charge in [-0.1, -0.05) is 54.1 Å². The van der Waals surface area contributed by atoms with Gasteiger partial charge in [-0.05, 0) is 49.8 Å². The van der Waals surface area contributed by atoms with E-state index >= 15 is 0 Å². The molecule has 5 heteroatoms. The molecule has 1 N–H and O–H groups in total. The van der Waals surface area contributed by atoms with Gasteiger partial charge in [-0.3, -0.25) is 0 Å². The average molecular weight is 400 g/mol. The second kappa shape index (κ2) is 9.03. The number of hydrogen-bond acceptors (Lipinski definition) is 3. The van der Waals surface area contributed by atoms with Crippen LogP contribution >= 0.6 is 0 Å². The van der Waals surface area contributed by atoms with Gasteiger partial charge < -0.3 is 5.11 Å². The summed E-state index contributed by atoms with van der Waals surface area (Å²) < 4.78 is 28.6. The molecule has 150 valence electrons. The molecular weight excluding hydrogens is 370 g/mol. The van der Waals surface area contributed by atoms with Crippen LogP contribution in [0.1, 0.15) is 36.3 Å². The second-order valence-corrected chi connectivity index (χ2v) is 9.42. The molecule has 1 saturated heterocycles. The standard InChI is InChI=1S/C23H29NO3S/c1-3-8-23-21(11-7-16-25)22(19-9-5-4-6-10-19)17-24(23)28(26,27)20-14-12-18(2)13-15-20/h3-6,9-10,12-15,21-23,25H,1,7-8,11,16-17H2,2H3/t21-,22+,23-/m0/s1. The number of nitrogens with zero attached hydrogens (tertiary/aromatic N) is 1. The Morgan fingerprint density at radius 2 is 1.82 bits per heavy atom. The zero-order valence-corrected chi connectivity index (χ0v) is 17.2. The third-order valence-electron chi connectivity index (χ3n) is 5.72. The molecule has 1 aliphatic heterocycles. The Morgan fingerprint density at radius 1 is 1.14 bits per heavy atom. The van der Waals surface area contributed by atoms with Gasteiger partial charge in [-0.2, -0.15) is 4.31 Å². The lowest BCUT2D eigenvalue weighted by Gasteiger charge is -2.27. The predicted molar refractivity (Wildman–Crippen MR) is 113 cm³/mol. The van der Waals surface area contributed by atoms with Crippen molar-refractivity contribution < 1.29 is 13.5 Å². The van der Waals surface area contributed by atoms with Crippen molar-refractivity contribution in [2.45, 2.75) is 43.0 Å². The first-order valence-electron chi connectivity index (χ1n) is 9.84. The van der Waals surface area contributed by atoms with Gasteiger partial charge in [-0.15, -0.1) is 6.58 Å². The van der Waals surface area contributed by atoms with Gasteiger partial charge in [0.15, 0.2) is 0 Å². The SMILES string of the molecule is C=CC[C@H]1[C@@H](CCCO)[C@@H](c2ccccc2)CN1S(=O)(=O)c1ccc(C)cc1. The van der Waals surface area contributed by atoms with E-state index < -0.39 is 10.0 Å². The van der Waals surface area contributed by atoms with E-state index in [2.05, 4.69) is 18.7 Å². The molecule has 0 spiro atoms. The summed E-state index contributed by atoms with van der Waals surface area (Å²) in [6, 6.07) is 17.0. The fraction of sp³-hybridized carbons (Fsp3) is 0.391. The van der Waals surface area contributed by atoms with Crippen molar-refractivity contribution in [1.82, 2.24) is 4.31 Å². The van der Waals surface area contributed by atoms with E-state index in [1.807, 2.05) is 43.3 Å². The Hall–Kier alpha value is -1.95. The fourth-order valence-corrected chi connectivity index (χ4v) is 6.01. The van der Waals surface area contributed by atoms with Crippen LogP contribution in [0.2, 0.25) is 0 Å². The summed E-state index contributed by atoms with van der Waals surface area (Å²) in [7, 11) is -3.60. The first-order chi connectivity index (χ1) is 13.5. The molecule has 0 aromatic heterocycles. The number of hydrogen-bond donors (Lipinski definition) is 1. The fourth-order valence-electron chi connectivity index (χ4n) is 4.30. The minimum atomic E-state index is -3.60. The molecule has 0 unspecified atom stereocenters. The minimum absolute atomic E-state index is 0.109. The van der Waals surface area contributed by atoms with Crippen LogP contribution < -0.4 is 0 Å². The molecule has 1 heterocycles. The summed E-state index contributed by atoms with van der Waals surface area (Å²) in [5.41, 5.74) is 2.19. The van der Waals surface area contributed by atoms with Crippen LogP contribution in [0.4, 0.5) is 0 Å². The van der Waals surface area contributed by atoms with Gasteiger partial charge in [0.2, 0.25) is 10.0 Å². The molecule has 2 aromatic rings. The maximum atomic E-state index is 13.5. The Labute approximate surface area is 168 Å². The van der Waals surface area contributed by atoms with E-state index in [0.717, 1.165) is 17.5 Å². The van der Waals surface area contributed by atoms with E-state index in [1.165, 1.54) is 0 Å². The summed E-state index contributed by atoms with van der Waals surface area (Å²) in [6.45, 7) is 6.38. The van der Waals surface area contributed by atoms with Gasteiger partial charge in [0, 0.05) is 25.1 Å². The first-order valence-corrected chi connectivity index (χ1v) is 11.3. The summed E-state index contributed by atoms with van der Waals surface area (Å²) in [6.07, 6.45) is 3.86. The lowest BCUT2D eigenvalue weighted by atomic mass is 9.81. The lowest BCUT2D eigenvalue weighted by Crippen LogP contribution is -2.37. The van der Waals surface area contributed by atoms with Crippen LogP contribution in [0.25, 0.3) is 0 Å². The van der Waals surface area contributed by atoms with Gasteiger partial charge in [0.05, 0.1) is 4.90 Å². The normalized spacial score (nSPS) is 23.0. The van der Waals surface area contributed by atoms with Crippen molar-refractivity contribution in [2.75, 3.05) is 13.2 Å². The highest BCUT2D eigenvalue weighted by Gasteiger charge is 2.46. The third kappa shape index (κ3) is 4.22. The van der Waals surface area contributed by atoms with Crippen molar-refractivity contribution >= 4 is 10.0 Å². The van der Waals surface area contributed by atoms with Gasteiger partial charge in [0.1, 0.15) is 0 Å². The third-order valence-corrected chi connectivity index (χ3v) is 7.62. The maximum Gasteiger partial charge on any atom is 0.243 e. The first kappa shape index (κ1) is 20.8. The number of aryl methyl sites for hydroxylation is 1.